The maximum absolute atomic E-state index is 13.6. The molecule has 0 spiro atoms. The monoisotopic (exact) mass is 320 g/mol. The molecular weight excluding hydrogens is 303 g/mol. The van der Waals surface area contributed by atoms with Gasteiger partial charge in [0.2, 0.25) is 0 Å². The Bertz CT molecular complexity index is 704. The molecule has 7 heteroatoms. The van der Waals surface area contributed by atoms with Gasteiger partial charge in [-0.05, 0) is 12.5 Å². The van der Waals surface area contributed by atoms with Crippen molar-refractivity contribution in [3.63, 3.8) is 0 Å². The summed E-state index contributed by atoms with van der Waals surface area (Å²) in [6, 6.07) is 9.28. The van der Waals surface area contributed by atoms with Crippen molar-refractivity contribution >= 4 is 11.4 Å². The summed E-state index contributed by atoms with van der Waals surface area (Å²) in [5, 5.41) is 23.9. The summed E-state index contributed by atoms with van der Waals surface area (Å²) in [4.78, 5) is 10.3. The maximum atomic E-state index is 13.6. The van der Waals surface area contributed by atoms with E-state index < -0.39 is 22.5 Å². The van der Waals surface area contributed by atoms with Crippen LogP contribution in [0.3, 0.4) is 0 Å². The molecule has 0 heterocycles. The molecule has 0 saturated carbocycles. The zero-order valence-electron chi connectivity index (χ0n) is 12.7. The van der Waals surface area contributed by atoms with Gasteiger partial charge in [-0.25, -0.2) is 4.39 Å². The lowest BCUT2D eigenvalue weighted by Gasteiger charge is -2.14. The van der Waals surface area contributed by atoms with Crippen LogP contribution in [0.5, 0.6) is 5.75 Å². The van der Waals surface area contributed by atoms with Gasteiger partial charge < -0.3 is 15.2 Å². The van der Waals surface area contributed by atoms with Gasteiger partial charge in [-0.3, -0.25) is 10.1 Å². The van der Waals surface area contributed by atoms with E-state index in [1.807, 2.05) is 19.1 Å². The summed E-state index contributed by atoms with van der Waals surface area (Å²) in [6.07, 6.45) is -0.855. The Balaban J connectivity index is 2.18. The molecule has 0 aliphatic carbocycles. The zero-order valence-corrected chi connectivity index (χ0v) is 12.7. The van der Waals surface area contributed by atoms with Crippen LogP contribution in [-0.2, 0) is 0 Å². The lowest BCUT2D eigenvalue weighted by molar-refractivity contribution is -0.384. The number of nitro groups is 1. The summed E-state index contributed by atoms with van der Waals surface area (Å²) in [5.41, 5.74) is 1.41. The molecule has 0 bridgehead atoms. The third kappa shape index (κ3) is 3.95. The quantitative estimate of drug-likeness (QED) is 0.631. The molecule has 0 radical (unpaired) electrons. The molecule has 23 heavy (non-hydrogen) atoms. The number of benzene rings is 2. The van der Waals surface area contributed by atoms with Gasteiger partial charge in [0, 0.05) is 12.6 Å². The van der Waals surface area contributed by atoms with Gasteiger partial charge >= 0.3 is 0 Å². The fraction of sp³-hybridized carbons (Fsp3) is 0.250. The van der Waals surface area contributed by atoms with E-state index in [2.05, 4.69) is 5.32 Å². The van der Waals surface area contributed by atoms with E-state index in [1.54, 1.807) is 12.1 Å². The van der Waals surface area contributed by atoms with E-state index in [-0.39, 0.29) is 18.0 Å². The Labute approximate surface area is 132 Å². The second kappa shape index (κ2) is 7.06. The number of hydrogen-bond donors (Lipinski definition) is 2. The molecule has 122 valence electrons. The molecule has 2 aromatic carbocycles. The van der Waals surface area contributed by atoms with Crippen LogP contribution in [0.15, 0.2) is 36.4 Å². The molecule has 1 atom stereocenters. The zero-order chi connectivity index (χ0) is 17.0. The van der Waals surface area contributed by atoms with Crippen LogP contribution in [0.1, 0.15) is 17.2 Å². The molecule has 0 aliphatic heterocycles. The topological polar surface area (TPSA) is 84.6 Å². The van der Waals surface area contributed by atoms with E-state index in [0.717, 1.165) is 11.6 Å². The van der Waals surface area contributed by atoms with E-state index in [0.29, 0.717) is 5.56 Å². The minimum Gasteiger partial charge on any atom is -0.494 e. The number of halogens is 1. The number of anilines is 1. The van der Waals surface area contributed by atoms with E-state index in [9.17, 15) is 19.6 Å². The van der Waals surface area contributed by atoms with Gasteiger partial charge in [-0.1, -0.05) is 29.8 Å². The van der Waals surface area contributed by atoms with Crippen LogP contribution in [0.25, 0.3) is 0 Å². The van der Waals surface area contributed by atoms with Crippen LogP contribution in [0, 0.1) is 22.9 Å². The standard InChI is InChI=1S/C16H17FN2O4/c1-10-3-5-11(6-4-10)15(20)9-18-13-8-16(23-2)12(17)7-14(13)19(21)22/h3-8,15,18,20H,9H2,1-2H3. The third-order valence-electron chi connectivity index (χ3n) is 3.41. The molecule has 2 aromatic rings. The first-order valence-corrected chi connectivity index (χ1v) is 6.92. The van der Waals surface area contributed by atoms with Crippen LogP contribution in [-0.4, -0.2) is 23.7 Å². The highest BCUT2D eigenvalue weighted by atomic mass is 19.1. The van der Waals surface area contributed by atoms with Gasteiger partial charge in [0.05, 0.1) is 24.2 Å². The molecule has 2 rings (SSSR count). The van der Waals surface area contributed by atoms with Crippen LogP contribution >= 0.6 is 0 Å². The van der Waals surface area contributed by atoms with E-state index in [1.165, 1.54) is 13.2 Å². The minimum atomic E-state index is -0.855. The smallest absolute Gasteiger partial charge is 0.295 e. The average Bonchev–Trinajstić information content (AvgIpc) is 2.53. The average molecular weight is 320 g/mol. The van der Waals surface area contributed by atoms with Crippen LogP contribution < -0.4 is 10.1 Å². The molecular formula is C16H17FN2O4. The van der Waals surface area contributed by atoms with Crippen molar-refractivity contribution in [3.8, 4) is 5.75 Å². The predicted octanol–water partition coefficient (Wildman–Crippen LogP) is 3.20. The van der Waals surface area contributed by atoms with Gasteiger partial charge in [-0.15, -0.1) is 0 Å². The first-order valence-electron chi connectivity index (χ1n) is 6.92. The fourth-order valence-corrected chi connectivity index (χ4v) is 2.11. The number of aryl methyl sites for hydroxylation is 1. The van der Waals surface area contributed by atoms with Crippen molar-refractivity contribution in [1.82, 2.24) is 0 Å². The number of aliphatic hydroxyl groups is 1. The molecule has 6 nitrogen and oxygen atoms in total. The third-order valence-corrected chi connectivity index (χ3v) is 3.41. The summed E-state index contributed by atoms with van der Waals surface area (Å²) in [7, 11) is 1.27. The number of nitrogens with zero attached hydrogens (tertiary/aromatic N) is 1. The van der Waals surface area contributed by atoms with Crippen molar-refractivity contribution in [1.29, 1.82) is 0 Å². The highest BCUT2D eigenvalue weighted by molar-refractivity contribution is 5.64. The Kier molecular flexibility index (Phi) is 5.13. The van der Waals surface area contributed by atoms with Gasteiger partial charge in [0.25, 0.3) is 5.69 Å². The Hall–Kier alpha value is -2.67. The highest BCUT2D eigenvalue weighted by Crippen LogP contribution is 2.32. The number of ether oxygens (including phenoxy) is 1. The summed E-state index contributed by atoms with van der Waals surface area (Å²) in [6.45, 7) is 1.97. The van der Waals surface area contributed by atoms with E-state index in [4.69, 9.17) is 4.74 Å². The van der Waals surface area contributed by atoms with Crippen LogP contribution in [0.2, 0.25) is 0 Å². The molecule has 0 fully saturated rings. The number of nitro benzene ring substituents is 1. The second-order valence-corrected chi connectivity index (χ2v) is 5.07. The first kappa shape index (κ1) is 16.7. The second-order valence-electron chi connectivity index (χ2n) is 5.07. The van der Waals surface area contributed by atoms with Gasteiger partial charge in [0.1, 0.15) is 5.69 Å². The SMILES string of the molecule is COc1cc(NCC(O)c2ccc(C)cc2)c([N+](=O)[O-])cc1F. The number of aliphatic hydroxyl groups excluding tert-OH is 1. The van der Waals surface area contributed by atoms with Crippen molar-refractivity contribution in [2.24, 2.45) is 0 Å². The van der Waals surface area contributed by atoms with Gasteiger partial charge in [0.15, 0.2) is 11.6 Å². The molecule has 0 aliphatic rings. The fourth-order valence-electron chi connectivity index (χ4n) is 2.11. The van der Waals surface area contributed by atoms with Crippen molar-refractivity contribution in [3.05, 3.63) is 63.5 Å². The van der Waals surface area contributed by atoms with E-state index >= 15 is 0 Å². The van der Waals surface area contributed by atoms with Crippen LogP contribution in [0.4, 0.5) is 15.8 Å². The number of hydrogen-bond acceptors (Lipinski definition) is 5. The largest absolute Gasteiger partial charge is 0.494 e. The number of methoxy groups -OCH3 is 1. The maximum Gasteiger partial charge on any atom is 0.295 e. The Morgan fingerprint density at radius 1 is 1.35 bits per heavy atom. The summed E-state index contributed by atoms with van der Waals surface area (Å²) in [5.74, 6) is -0.924. The predicted molar refractivity (Wildman–Crippen MR) is 84.2 cm³/mol. The van der Waals surface area contributed by atoms with Gasteiger partial charge in [-0.2, -0.15) is 0 Å². The van der Waals surface area contributed by atoms with Crippen molar-refractivity contribution in [2.75, 3.05) is 19.0 Å². The first-order chi connectivity index (χ1) is 10.9. The Morgan fingerprint density at radius 3 is 2.57 bits per heavy atom. The number of rotatable bonds is 6. The normalized spacial score (nSPS) is 11.8. The lowest BCUT2D eigenvalue weighted by Crippen LogP contribution is -2.13. The molecule has 0 saturated heterocycles. The summed E-state index contributed by atoms with van der Waals surface area (Å²) < 4.78 is 18.4. The minimum absolute atomic E-state index is 0.0404. The molecule has 0 aromatic heterocycles. The molecule has 2 N–H and O–H groups in total. The lowest BCUT2D eigenvalue weighted by atomic mass is 10.1. The number of nitrogens with one attached hydrogen (secondary N) is 1. The molecule has 0 amide bonds. The van der Waals surface area contributed by atoms with Crippen molar-refractivity contribution < 1.29 is 19.2 Å². The molecule has 1 unspecified atom stereocenters. The van der Waals surface area contributed by atoms with Crippen molar-refractivity contribution in [2.45, 2.75) is 13.0 Å². The summed E-state index contributed by atoms with van der Waals surface area (Å²) >= 11 is 0. The highest BCUT2D eigenvalue weighted by Gasteiger charge is 2.19. The Morgan fingerprint density at radius 2 is 2.00 bits per heavy atom.